The maximum absolute atomic E-state index is 11.9. The average Bonchev–Trinajstić information content (AvgIpc) is 2.88. The molecular weight excluding hydrogens is 208 g/mol. The van der Waals surface area contributed by atoms with Gasteiger partial charge in [-0.25, -0.2) is 4.98 Å². The van der Waals surface area contributed by atoms with E-state index in [0.29, 0.717) is 11.6 Å². The lowest BCUT2D eigenvalue weighted by atomic mass is 10.1. The lowest BCUT2D eigenvalue weighted by Crippen LogP contribution is -2.31. The van der Waals surface area contributed by atoms with E-state index < -0.39 is 0 Å². The van der Waals surface area contributed by atoms with Crippen molar-refractivity contribution in [1.82, 2.24) is 9.88 Å². The second kappa shape index (κ2) is 4.75. The Morgan fingerprint density at radius 2 is 2.33 bits per heavy atom. The maximum Gasteiger partial charge on any atom is 0.273 e. The van der Waals surface area contributed by atoms with Gasteiger partial charge in [0.2, 0.25) is 0 Å². The third kappa shape index (κ3) is 2.56. The topological polar surface area (TPSA) is 33.2 Å². The van der Waals surface area contributed by atoms with E-state index in [1.54, 1.807) is 5.51 Å². The van der Waals surface area contributed by atoms with Gasteiger partial charge in [-0.1, -0.05) is 12.8 Å². The minimum absolute atomic E-state index is 0.0585. The summed E-state index contributed by atoms with van der Waals surface area (Å²) < 4.78 is 0. The zero-order valence-corrected chi connectivity index (χ0v) is 9.80. The van der Waals surface area contributed by atoms with E-state index in [1.165, 1.54) is 37.0 Å². The number of carbonyl (C=O) groups is 1. The molecule has 1 aromatic rings. The Morgan fingerprint density at radius 1 is 1.60 bits per heavy atom. The summed E-state index contributed by atoms with van der Waals surface area (Å²) in [5.41, 5.74) is 2.29. The highest BCUT2D eigenvalue weighted by molar-refractivity contribution is 7.07. The van der Waals surface area contributed by atoms with Crippen LogP contribution in [0.1, 0.15) is 36.2 Å². The van der Waals surface area contributed by atoms with Gasteiger partial charge in [-0.3, -0.25) is 4.79 Å². The molecule has 1 aromatic heterocycles. The highest BCUT2D eigenvalue weighted by atomic mass is 32.1. The van der Waals surface area contributed by atoms with E-state index in [2.05, 4.69) is 4.98 Å². The molecule has 2 rings (SSSR count). The highest BCUT2D eigenvalue weighted by Gasteiger charge is 2.20. The summed E-state index contributed by atoms with van der Waals surface area (Å²) in [7, 11) is 1.88. The average molecular weight is 224 g/mol. The predicted molar refractivity (Wildman–Crippen MR) is 61.0 cm³/mol. The Labute approximate surface area is 94.1 Å². The molecule has 0 saturated heterocycles. The first kappa shape index (κ1) is 10.6. The molecule has 1 heterocycles. The molecule has 1 saturated carbocycles. The Balaban J connectivity index is 1.90. The molecule has 0 atom stereocenters. The van der Waals surface area contributed by atoms with Gasteiger partial charge in [-0.2, -0.15) is 0 Å². The second-order valence-electron chi connectivity index (χ2n) is 4.21. The maximum atomic E-state index is 11.9. The second-order valence-corrected chi connectivity index (χ2v) is 4.93. The Kier molecular flexibility index (Phi) is 3.36. The largest absolute Gasteiger partial charge is 0.340 e. The fourth-order valence-corrected chi connectivity index (χ4v) is 2.70. The zero-order valence-electron chi connectivity index (χ0n) is 8.98. The molecule has 0 radical (unpaired) electrons. The third-order valence-electron chi connectivity index (χ3n) is 3.00. The molecule has 0 unspecified atom stereocenters. The monoisotopic (exact) mass is 224 g/mol. The third-order valence-corrected chi connectivity index (χ3v) is 3.59. The molecule has 0 aromatic carbocycles. The van der Waals surface area contributed by atoms with E-state index in [-0.39, 0.29) is 5.91 Å². The molecule has 1 fully saturated rings. The first-order valence-electron chi connectivity index (χ1n) is 5.41. The lowest BCUT2D eigenvalue weighted by Gasteiger charge is -2.19. The first-order valence-corrected chi connectivity index (χ1v) is 6.35. The van der Waals surface area contributed by atoms with Gasteiger partial charge in [-0.05, 0) is 18.8 Å². The van der Waals surface area contributed by atoms with Crippen molar-refractivity contribution in [2.75, 3.05) is 13.6 Å². The summed E-state index contributed by atoms with van der Waals surface area (Å²) >= 11 is 1.47. The van der Waals surface area contributed by atoms with E-state index in [1.807, 2.05) is 17.3 Å². The van der Waals surface area contributed by atoms with Crippen molar-refractivity contribution in [3.8, 4) is 0 Å². The van der Waals surface area contributed by atoms with Crippen LogP contribution in [-0.4, -0.2) is 29.4 Å². The van der Waals surface area contributed by atoms with Crippen molar-refractivity contribution in [3.63, 3.8) is 0 Å². The predicted octanol–water partition coefficient (Wildman–Crippen LogP) is 2.41. The number of hydrogen-bond donors (Lipinski definition) is 0. The van der Waals surface area contributed by atoms with E-state index in [9.17, 15) is 4.79 Å². The molecule has 0 aliphatic heterocycles. The van der Waals surface area contributed by atoms with Crippen molar-refractivity contribution in [3.05, 3.63) is 16.6 Å². The van der Waals surface area contributed by atoms with Crippen LogP contribution >= 0.6 is 11.3 Å². The minimum atomic E-state index is 0.0585. The number of amides is 1. The van der Waals surface area contributed by atoms with Crippen LogP contribution in [0.4, 0.5) is 0 Å². The number of nitrogens with zero attached hydrogens (tertiary/aromatic N) is 2. The molecule has 0 spiro atoms. The Bertz CT molecular complexity index is 317. The van der Waals surface area contributed by atoms with Crippen LogP contribution in [0.2, 0.25) is 0 Å². The SMILES string of the molecule is CN(CC1CCCC1)C(=O)c1cscn1. The fourth-order valence-electron chi connectivity index (χ4n) is 2.18. The molecule has 3 nitrogen and oxygen atoms in total. The molecule has 0 N–H and O–H groups in total. The molecule has 82 valence electrons. The fraction of sp³-hybridized carbons (Fsp3) is 0.636. The summed E-state index contributed by atoms with van der Waals surface area (Å²) in [6.07, 6.45) is 5.19. The molecule has 1 amide bonds. The van der Waals surface area contributed by atoms with Gasteiger partial charge in [0.15, 0.2) is 0 Å². The van der Waals surface area contributed by atoms with Crippen molar-refractivity contribution in [1.29, 1.82) is 0 Å². The van der Waals surface area contributed by atoms with Crippen molar-refractivity contribution in [2.24, 2.45) is 5.92 Å². The number of aromatic nitrogens is 1. The van der Waals surface area contributed by atoms with Crippen LogP contribution in [0.25, 0.3) is 0 Å². The van der Waals surface area contributed by atoms with Gasteiger partial charge >= 0.3 is 0 Å². The van der Waals surface area contributed by atoms with E-state index in [4.69, 9.17) is 0 Å². The minimum Gasteiger partial charge on any atom is -0.340 e. The van der Waals surface area contributed by atoms with Gasteiger partial charge < -0.3 is 4.90 Å². The van der Waals surface area contributed by atoms with Crippen LogP contribution in [-0.2, 0) is 0 Å². The Hall–Kier alpha value is -0.900. The number of thiazole rings is 1. The molecule has 0 bridgehead atoms. The quantitative estimate of drug-likeness (QED) is 0.790. The summed E-state index contributed by atoms with van der Waals surface area (Å²) in [5.74, 6) is 0.765. The summed E-state index contributed by atoms with van der Waals surface area (Å²) in [5, 5.41) is 1.81. The standard InChI is InChI=1S/C11H16N2OS/c1-13(6-9-4-2-3-5-9)11(14)10-7-15-8-12-10/h7-9H,2-6H2,1H3. The number of carbonyl (C=O) groups excluding carboxylic acids is 1. The first-order chi connectivity index (χ1) is 7.27. The van der Waals surface area contributed by atoms with Gasteiger partial charge in [0.1, 0.15) is 5.69 Å². The van der Waals surface area contributed by atoms with Gasteiger partial charge in [0.05, 0.1) is 5.51 Å². The van der Waals surface area contributed by atoms with Crippen LogP contribution < -0.4 is 0 Å². The molecule has 15 heavy (non-hydrogen) atoms. The van der Waals surface area contributed by atoms with E-state index >= 15 is 0 Å². The summed E-state index contributed by atoms with van der Waals surface area (Å²) in [6, 6.07) is 0. The zero-order chi connectivity index (χ0) is 10.7. The van der Waals surface area contributed by atoms with Crippen molar-refractivity contribution < 1.29 is 4.79 Å². The molecular formula is C11H16N2OS. The molecule has 1 aliphatic carbocycles. The van der Waals surface area contributed by atoms with Crippen LogP contribution in [0.5, 0.6) is 0 Å². The van der Waals surface area contributed by atoms with Crippen LogP contribution in [0.3, 0.4) is 0 Å². The molecule has 4 heteroatoms. The van der Waals surface area contributed by atoms with Crippen LogP contribution in [0.15, 0.2) is 10.9 Å². The summed E-state index contributed by atoms with van der Waals surface area (Å²) in [4.78, 5) is 17.7. The van der Waals surface area contributed by atoms with Gasteiger partial charge in [0, 0.05) is 19.0 Å². The number of rotatable bonds is 3. The normalized spacial score (nSPS) is 16.9. The van der Waals surface area contributed by atoms with Gasteiger partial charge in [0.25, 0.3) is 5.91 Å². The number of hydrogen-bond acceptors (Lipinski definition) is 3. The van der Waals surface area contributed by atoms with Crippen molar-refractivity contribution in [2.45, 2.75) is 25.7 Å². The lowest BCUT2D eigenvalue weighted by molar-refractivity contribution is 0.0768. The van der Waals surface area contributed by atoms with Crippen molar-refractivity contribution >= 4 is 17.2 Å². The smallest absolute Gasteiger partial charge is 0.273 e. The van der Waals surface area contributed by atoms with Crippen LogP contribution in [0, 0.1) is 5.92 Å². The highest BCUT2D eigenvalue weighted by Crippen LogP contribution is 2.25. The molecule has 1 aliphatic rings. The van der Waals surface area contributed by atoms with E-state index in [0.717, 1.165) is 6.54 Å². The van der Waals surface area contributed by atoms with Gasteiger partial charge in [-0.15, -0.1) is 11.3 Å². The summed E-state index contributed by atoms with van der Waals surface area (Å²) in [6.45, 7) is 0.885. The Morgan fingerprint density at radius 3 is 2.93 bits per heavy atom.